The number of piperidine rings is 1. The number of imidazole rings is 1. The molecular weight excluding hydrogens is 280 g/mol. The Morgan fingerprint density at radius 1 is 1.41 bits per heavy atom. The quantitative estimate of drug-likeness (QED) is 0.904. The number of nitrogens with one attached hydrogen (secondary N) is 1. The van der Waals surface area contributed by atoms with E-state index in [1.54, 1.807) is 13.3 Å². The molecule has 3 rings (SSSR count). The lowest BCUT2D eigenvalue weighted by Gasteiger charge is -2.33. The van der Waals surface area contributed by atoms with Crippen LogP contribution in [0.25, 0.3) is 0 Å². The van der Waals surface area contributed by atoms with Crippen LogP contribution in [0.3, 0.4) is 0 Å². The van der Waals surface area contributed by atoms with Crippen molar-refractivity contribution >= 4 is 6.03 Å². The normalized spacial score (nSPS) is 20.9. The number of carbonyl (C=O) groups excluding carboxylic acids is 1. The van der Waals surface area contributed by atoms with Crippen molar-refractivity contribution in [3.63, 3.8) is 0 Å². The van der Waals surface area contributed by atoms with E-state index < -0.39 is 0 Å². The zero-order valence-corrected chi connectivity index (χ0v) is 13.5. The highest BCUT2D eigenvalue weighted by molar-refractivity contribution is 5.74. The fraction of sp³-hybridized carbons (Fsp3) is 0.750. The number of likely N-dealkylation sites (tertiary alicyclic amines) is 1. The van der Waals surface area contributed by atoms with E-state index in [4.69, 9.17) is 4.74 Å². The van der Waals surface area contributed by atoms with Crippen molar-refractivity contribution in [3.8, 4) is 0 Å². The Hall–Kier alpha value is -1.56. The molecule has 0 spiro atoms. The number of rotatable bonds is 5. The molecule has 1 aromatic rings. The Bertz CT molecular complexity index is 504. The number of nitrogens with zero attached hydrogens (tertiary/aromatic N) is 3. The summed E-state index contributed by atoms with van der Waals surface area (Å²) in [6.45, 7) is 2.43. The lowest BCUT2D eigenvalue weighted by atomic mass is 9.98. The fourth-order valence-electron chi connectivity index (χ4n) is 3.26. The molecule has 1 aliphatic heterocycles. The second kappa shape index (κ2) is 6.69. The van der Waals surface area contributed by atoms with E-state index in [1.165, 1.54) is 12.8 Å². The number of ether oxygens (including phenoxy) is 1. The third kappa shape index (κ3) is 3.43. The van der Waals surface area contributed by atoms with Gasteiger partial charge in [0.1, 0.15) is 5.82 Å². The number of aromatic nitrogens is 2. The molecule has 1 saturated heterocycles. The first-order valence-corrected chi connectivity index (χ1v) is 8.20. The van der Waals surface area contributed by atoms with Gasteiger partial charge in [-0.3, -0.25) is 0 Å². The highest BCUT2D eigenvalue weighted by Gasteiger charge is 2.36. The molecule has 1 aliphatic carbocycles. The minimum atomic E-state index is 0.0456. The van der Waals surface area contributed by atoms with E-state index in [9.17, 15) is 4.79 Å². The van der Waals surface area contributed by atoms with Crippen LogP contribution in [-0.4, -0.2) is 47.3 Å². The summed E-state index contributed by atoms with van der Waals surface area (Å²) in [4.78, 5) is 18.9. The Morgan fingerprint density at radius 3 is 2.68 bits per heavy atom. The van der Waals surface area contributed by atoms with Crippen LogP contribution < -0.4 is 5.32 Å². The van der Waals surface area contributed by atoms with E-state index in [2.05, 4.69) is 10.3 Å². The van der Waals surface area contributed by atoms with Crippen LogP contribution in [0.15, 0.2) is 12.4 Å². The number of methoxy groups -OCH3 is 1. The molecule has 122 valence electrons. The van der Waals surface area contributed by atoms with Gasteiger partial charge in [-0.25, -0.2) is 9.78 Å². The van der Waals surface area contributed by atoms with Crippen LogP contribution >= 0.6 is 0 Å². The van der Waals surface area contributed by atoms with Gasteiger partial charge >= 0.3 is 6.03 Å². The van der Waals surface area contributed by atoms with E-state index in [1.807, 2.05) is 22.7 Å². The fourth-order valence-corrected chi connectivity index (χ4v) is 3.26. The number of carbonyl (C=O) groups is 1. The molecule has 0 bridgehead atoms. The van der Waals surface area contributed by atoms with Crippen LogP contribution in [0.1, 0.15) is 37.5 Å². The standard InChI is InChI=1S/C16H26N4O2/c1-19-10-7-17-15(19)14(13-3-4-13)18-16(21)20-8-5-12(6-9-20)11-22-2/h7,10,12-14H,3-6,8-9,11H2,1-2H3,(H,18,21)/t14-/m0/s1. The monoisotopic (exact) mass is 306 g/mol. The predicted octanol–water partition coefficient (Wildman–Crippen LogP) is 1.94. The maximum Gasteiger partial charge on any atom is 0.317 e. The summed E-state index contributed by atoms with van der Waals surface area (Å²) in [6.07, 6.45) is 8.14. The van der Waals surface area contributed by atoms with E-state index in [0.717, 1.165) is 38.4 Å². The first kappa shape index (κ1) is 15.3. The van der Waals surface area contributed by atoms with Crippen molar-refractivity contribution in [1.29, 1.82) is 0 Å². The van der Waals surface area contributed by atoms with Gasteiger partial charge in [-0.15, -0.1) is 0 Å². The van der Waals surface area contributed by atoms with Crippen molar-refractivity contribution in [2.45, 2.75) is 31.7 Å². The van der Waals surface area contributed by atoms with Gasteiger partial charge in [0, 0.05) is 46.2 Å². The molecule has 0 unspecified atom stereocenters. The minimum Gasteiger partial charge on any atom is -0.384 e. The van der Waals surface area contributed by atoms with Crippen molar-refractivity contribution in [2.75, 3.05) is 26.8 Å². The summed E-state index contributed by atoms with van der Waals surface area (Å²) in [7, 11) is 3.73. The molecule has 1 aromatic heterocycles. The second-order valence-electron chi connectivity index (χ2n) is 6.55. The summed E-state index contributed by atoms with van der Waals surface area (Å²) in [5.41, 5.74) is 0. The number of amides is 2. The Morgan fingerprint density at radius 2 is 2.14 bits per heavy atom. The first-order valence-electron chi connectivity index (χ1n) is 8.20. The Labute approximate surface area is 131 Å². The lowest BCUT2D eigenvalue weighted by molar-refractivity contribution is 0.106. The average molecular weight is 306 g/mol. The van der Waals surface area contributed by atoms with Gasteiger partial charge in [-0.1, -0.05) is 0 Å². The van der Waals surface area contributed by atoms with Crippen molar-refractivity contribution < 1.29 is 9.53 Å². The van der Waals surface area contributed by atoms with Crippen LogP contribution in [0.2, 0.25) is 0 Å². The molecule has 2 heterocycles. The molecule has 2 aliphatic rings. The largest absolute Gasteiger partial charge is 0.384 e. The SMILES string of the molecule is COCC1CCN(C(=O)N[C@H](c2nccn2C)C2CC2)CC1. The molecule has 0 aromatic carbocycles. The summed E-state index contributed by atoms with van der Waals surface area (Å²) < 4.78 is 7.22. The topological polar surface area (TPSA) is 59.4 Å². The van der Waals surface area contributed by atoms with Crippen LogP contribution in [0.4, 0.5) is 4.79 Å². The molecule has 2 amide bonds. The van der Waals surface area contributed by atoms with Crippen molar-refractivity contribution in [3.05, 3.63) is 18.2 Å². The predicted molar refractivity (Wildman–Crippen MR) is 83.4 cm³/mol. The molecule has 1 N–H and O–H groups in total. The van der Waals surface area contributed by atoms with Gasteiger partial charge in [0.25, 0.3) is 0 Å². The maximum absolute atomic E-state index is 12.6. The third-order valence-electron chi connectivity index (χ3n) is 4.81. The zero-order valence-electron chi connectivity index (χ0n) is 13.5. The van der Waals surface area contributed by atoms with E-state index in [-0.39, 0.29) is 12.1 Å². The zero-order chi connectivity index (χ0) is 15.5. The number of hydrogen-bond acceptors (Lipinski definition) is 3. The van der Waals surface area contributed by atoms with Gasteiger partial charge in [-0.05, 0) is 37.5 Å². The molecule has 0 radical (unpaired) electrons. The summed E-state index contributed by atoms with van der Waals surface area (Å²) >= 11 is 0. The highest BCUT2D eigenvalue weighted by Crippen LogP contribution is 2.40. The first-order chi connectivity index (χ1) is 10.7. The van der Waals surface area contributed by atoms with Crippen LogP contribution in [-0.2, 0) is 11.8 Å². The van der Waals surface area contributed by atoms with Crippen LogP contribution in [0, 0.1) is 11.8 Å². The number of hydrogen-bond donors (Lipinski definition) is 1. The van der Waals surface area contributed by atoms with Crippen LogP contribution in [0.5, 0.6) is 0 Å². The summed E-state index contributed by atoms with van der Waals surface area (Å²) in [5, 5.41) is 3.21. The molecule has 6 nitrogen and oxygen atoms in total. The molecule has 1 atom stereocenters. The number of aryl methyl sites for hydroxylation is 1. The van der Waals surface area contributed by atoms with Gasteiger partial charge < -0.3 is 19.5 Å². The molecule has 2 fully saturated rings. The van der Waals surface area contributed by atoms with Gasteiger partial charge in [-0.2, -0.15) is 0 Å². The average Bonchev–Trinajstić information content (AvgIpc) is 3.28. The maximum atomic E-state index is 12.6. The molecular formula is C16H26N4O2. The van der Waals surface area contributed by atoms with E-state index in [0.29, 0.717) is 11.8 Å². The minimum absolute atomic E-state index is 0.0456. The summed E-state index contributed by atoms with van der Waals surface area (Å²) in [6, 6.07) is 0.0972. The highest BCUT2D eigenvalue weighted by atomic mass is 16.5. The molecule has 1 saturated carbocycles. The molecule has 6 heteroatoms. The lowest BCUT2D eigenvalue weighted by Crippen LogP contribution is -2.46. The van der Waals surface area contributed by atoms with Crippen molar-refractivity contribution in [1.82, 2.24) is 19.8 Å². The number of urea groups is 1. The third-order valence-corrected chi connectivity index (χ3v) is 4.81. The van der Waals surface area contributed by atoms with Gasteiger partial charge in [0.15, 0.2) is 0 Å². The van der Waals surface area contributed by atoms with Gasteiger partial charge in [0.2, 0.25) is 0 Å². The molecule has 22 heavy (non-hydrogen) atoms. The second-order valence-corrected chi connectivity index (χ2v) is 6.55. The van der Waals surface area contributed by atoms with Gasteiger partial charge in [0.05, 0.1) is 6.04 Å². The van der Waals surface area contributed by atoms with Crippen molar-refractivity contribution in [2.24, 2.45) is 18.9 Å². The van der Waals surface area contributed by atoms with E-state index >= 15 is 0 Å². The Balaban J connectivity index is 1.57. The Kier molecular flexibility index (Phi) is 4.66. The summed E-state index contributed by atoms with van der Waals surface area (Å²) in [5.74, 6) is 2.09. The smallest absolute Gasteiger partial charge is 0.317 e.